The number of oxime groups is 2. The molecule has 0 spiro atoms. The topological polar surface area (TPSA) is 209 Å². The maximum Gasteiger partial charge on any atom is 0.255 e. The van der Waals surface area contributed by atoms with Gasteiger partial charge >= 0.3 is 0 Å². The van der Waals surface area contributed by atoms with Crippen LogP contribution in [-0.2, 0) is 13.1 Å². The highest BCUT2D eigenvalue weighted by Crippen LogP contribution is 2.32. The summed E-state index contributed by atoms with van der Waals surface area (Å²) in [5.74, 6) is -1.02. The smallest absolute Gasteiger partial charge is 0.255 e. The van der Waals surface area contributed by atoms with Crippen LogP contribution in [0.5, 0.6) is 0 Å². The molecule has 66 heavy (non-hydrogen) atoms. The van der Waals surface area contributed by atoms with Crippen LogP contribution >= 0.6 is 11.6 Å². The predicted molar refractivity (Wildman–Crippen MR) is 256 cm³/mol. The fourth-order valence-electron chi connectivity index (χ4n) is 8.84. The number of anilines is 2. The van der Waals surface area contributed by atoms with Crippen molar-refractivity contribution in [2.75, 3.05) is 10.6 Å². The summed E-state index contributed by atoms with van der Waals surface area (Å²) in [6.07, 6.45) is 12.7. The van der Waals surface area contributed by atoms with E-state index in [1.165, 1.54) is 17.8 Å². The zero-order valence-electron chi connectivity index (χ0n) is 38.2. The number of aromatic nitrogens is 6. The van der Waals surface area contributed by atoms with E-state index in [2.05, 4.69) is 83.8 Å². The third kappa shape index (κ3) is 10.6. The van der Waals surface area contributed by atoms with Crippen LogP contribution in [0.15, 0.2) is 71.5 Å². The Hall–Kier alpha value is -6.62. The number of carbonyl (C=O) groups excluding carboxylic acids is 2. The molecular formula is C48H58ClFN12O4. The predicted octanol–water partition coefficient (Wildman–Crippen LogP) is 9.66. The van der Waals surface area contributed by atoms with Crippen molar-refractivity contribution in [1.82, 2.24) is 40.2 Å². The third-order valence-corrected chi connectivity index (χ3v) is 12.8. The van der Waals surface area contributed by atoms with Crippen molar-refractivity contribution in [3.63, 3.8) is 0 Å². The molecular weight excluding hydrogens is 863 g/mol. The fourth-order valence-corrected chi connectivity index (χ4v) is 9.00. The van der Waals surface area contributed by atoms with Crippen molar-refractivity contribution in [3.8, 4) is 0 Å². The molecule has 2 fully saturated rings. The highest BCUT2D eigenvalue weighted by Gasteiger charge is 2.27. The van der Waals surface area contributed by atoms with Crippen LogP contribution in [0.3, 0.4) is 0 Å². The highest BCUT2D eigenvalue weighted by atomic mass is 35.5. The van der Waals surface area contributed by atoms with E-state index >= 15 is 0 Å². The molecule has 8 rings (SSSR count). The van der Waals surface area contributed by atoms with Crippen LogP contribution in [0.25, 0.3) is 22.1 Å². The second kappa shape index (κ2) is 21.1. The van der Waals surface area contributed by atoms with E-state index in [1.807, 2.05) is 25.5 Å². The molecule has 18 heteroatoms. The van der Waals surface area contributed by atoms with Gasteiger partial charge < -0.3 is 31.7 Å². The van der Waals surface area contributed by atoms with Crippen LogP contribution in [0, 0.1) is 19.7 Å². The van der Waals surface area contributed by atoms with Crippen molar-refractivity contribution >= 4 is 68.3 Å². The summed E-state index contributed by atoms with van der Waals surface area (Å²) in [5, 5.41) is 48.7. The minimum absolute atomic E-state index is 0.101. The molecule has 0 radical (unpaired) electrons. The summed E-state index contributed by atoms with van der Waals surface area (Å²) in [6.45, 7) is 13.2. The van der Waals surface area contributed by atoms with E-state index in [9.17, 15) is 14.0 Å². The molecule has 4 aromatic heterocycles. The number of halogens is 2. The van der Waals surface area contributed by atoms with Crippen molar-refractivity contribution in [2.45, 2.75) is 130 Å². The molecule has 0 aliphatic heterocycles. The molecule has 2 amide bonds. The van der Waals surface area contributed by atoms with Gasteiger partial charge in [-0.1, -0.05) is 51.7 Å². The molecule has 2 unspecified atom stereocenters. The molecule has 6 N–H and O–H groups in total. The maximum absolute atomic E-state index is 14.4. The van der Waals surface area contributed by atoms with Gasteiger partial charge in [0, 0.05) is 48.2 Å². The molecule has 2 aliphatic carbocycles. The molecule has 0 saturated heterocycles. The van der Waals surface area contributed by atoms with Gasteiger partial charge in [-0.2, -0.15) is 10.2 Å². The molecule has 2 aromatic carbocycles. The van der Waals surface area contributed by atoms with Crippen LogP contribution < -0.4 is 21.3 Å². The Bertz CT molecular complexity index is 2580. The number of fused-ring (bicyclic) bond motifs is 2. The molecule has 6 aromatic rings. The molecule has 348 valence electrons. The third-order valence-electron chi connectivity index (χ3n) is 12.5. The van der Waals surface area contributed by atoms with Crippen molar-refractivity contribution in [1.29, 1.82) is 0 Å². The minimum Gasteiger partial charge on any atom is -0.411 e. The Morgan fingerprint density at radius 2 is 1.18 bits per heavy atom. The molecule has 0 bridgehead atoms. The van der Waals surface area contributed by atoms with E-state index < -0.39 is 11.9 Å². The first kappa shape index (κ1) is 47.3. The normalized spacial score (nSPS) is 17.1. The van der Waals surface area contributed by atoms with E-state index in [4.69, 9.17) is 22.0 Å². The molecule has 2 aliphatic rings. The van der Waals surface area contributed by atoms with Crippen LogP contribution in [-0.4, -0.2) is 75.3 Å². The van der Waals surface area contributed by atoms with E-state index in [-0.39, 0.29) is 29.9 Å². The first-order valence-corrected chi connectivity index (χ1v) is 23.0. The molecule has 2 saturated carbocycles. The zero-order valence-corrected chi connectivity index (χ0v) is 39.0. The molecule has 16 nitrogen and oxygen atoms in total. The lowest BCUT2D eigenvalue weighted by Gasteiger charge is -2.26. The second-order valence-electron chi connectivity index (χ2n) is 17.1. The largest absolute Gasteiger partial charge is 0.411 e. The Morgan fingerprint density at radius 1 is 0.727 bits per heavy atom. The SMILES string of the molecule is CCn1ncc2c(NC3CCC(=NO)CC3)c(C(=O)NC(C)c3ccc(C)cc3C)cnc21.CCn1ncc2c(NC3CCC(=NO)CC3)c(C(=O)NC(C)c3ccc(Cl)cc3F)cnc21. The van der Waals surface area contributed by atoms with Crippen LogP contribution in [0.1, 0.15) is 134 Å². The van der Waals surface area contributed by atoms with Crippen molar-refractivity contribution in [3.05, 3.63) is 105 Å². The number of hydrogen-bond donors (Lipinski definition) is 6. The summed E-state index contributed by atoms with van der Waals surface area (Å²) in [5.41, 5.74) is 9.13. The Morgan fingerprint density at radius 3 is 1.61 bits per heavy atom. The Kier molecular flexibility index (Phi) is 15.2. The summed E-state index contributed by atoms with van der Waals surface area (Å²) in [4.78, 5) is 35.7. The fraction of sp³-hybridized carbons (Fsp3) is 0.417. The van der Waals surface area contributed by atoms with Gasteiger partial charge in [-0.05, 0) is 116 Å². The monoisotopic (exact) mass is 920 g/mol. The average molecular weight is 922 g/mol. The molecule has 2 atom stereocenters. The van der Waals surface area contributed by atoms with E-state index in [1.54, 1.807) is 42.3 Å². The van der Waals surface area contributed by atoms with Crippen LogP contribution in [0.2, 0.25) is 5.02 Å². The minimum atomic E-state index is -0.574. The average Bonchev–Trinajstić information content (AvgIpc) is 3.94. The van der Waals surface area contributed by atoms with Gasteiger partial charge in [0.25, 0.3) is 11.8 Å². The first-order valence-electron chi connectivity index (χ1n) is 22.6. The summed E-state index contributed by atoms with van der Waals surface area (Å²) in [6, 6.07) is 10.2. The lowest BCUT2D eigenvalue weighted by molar-refractivity contribution is 0.0931. The van der Waals surface area contributed by atoms with Gasteiger partial charge in [0.1, 0.15) is 5.82 Å². The number of hydrogen-bond acceptors (Lipinski definition) is 12. The van der Waals surface area contributed by atoms with Crippen molar-refractivity contribution < 1.29 is 24.4 Å². The summed E-state index contributed by atoms with van der Waals surface area (Å²) < 4.78 is 18.0. The maximum atomic E-state index is 14.4. The lowest BCUT2D eigenvalue weighted by Crippen LogP contribution is -2.31. The van der Waals surface area contributed by atoms with Gasteiger partial charge in [0.05, 0.1) is 69.2 Å². The van der Waals surface area contributed by atoms with E-state index in [0.717, 1.165) is 83.2 Å². The number of rotatable bonds is 12. The highest BCUT2D eigenvalue weighted by molar-refractivity contribution is 6.30. The number of amides is 2. The quantitative estimate of drug-likeness (QED) is 0.0506. The number of pyridine rings is 2. The number of nitrogens with one attached hydrogen (secondary N) is 4. The zero-order chi connectivity index (χ0) is 47.1. The first-order chi connectivity index (χ1) is 31.8. The Balaban J connectivity index is 0.000000196. The number of carbonyl (C=O) groups is 2. The van der Waals surface area contributed by atoms with Gasteiger partial charge in [-0.3, -0.25) is 9.59 Å². The lowest BCUT2D eigenvalue weighted by atomic mass is 9.93. The summed E-state index contributed by atoms with van der Waals surface area (Å²) in [7, 11) is 0. The van der Waals surface area contributed by atoms with Gasteiger partial charge in [0.15, 0.2) is 11.3 Å². The summed E-state index contributed by atoms with van der Waals surface area (Å²) >= 11 is 5.85. The molecule has 4 heterocycles. The van der Waals surface area contributed by atoms with Gasteiger partial charge in [-0.25, -0.2) is 23.7 Å². The Labute approximate surface area is 388 Å². The van der Waals surface area contributed by atoms with Gasteiger partial charge in [-0.15, -0.1) is 0 Å². The van der Waals surface area contributed by atoms with Gasteiger partial charge in [0.2, 0.25) is 0 Å². The second-order valence-corrected chi connectivity index (χ2v) is 17.5. The number of nitrogens with zero attached hydrogens (tertiary/aromatic N) is 8. The standard InChI is InChI=1S/C25H32N6O2.C23H26ClFN6O2/c1-5-31-24-21(14-27-31)23(29-18-7-9-19(30-33)10-8-18)22(13-26-24)25(32)28-17(4)20-11-6-15(2)12-16(20)3;1-3-31-22-18(12-27-31)21(29-15-5-7-16(30-33)8-6-15)19(11-26-22)23(32)28-13(2)17-9-4-14(24)10-20(17)25/h6,11-14,17-18,33H,5,7-10H2,1-4H3,(H,26,29)(H,28,32);4,9-13,15,33H,3,5-8H2,1-2H3,(H,26,29)(H,28,32). The van der Waals surface area contributed by atoms with Crippen LogP contribution in [0.4, 0.5) is 15.8 Å². The number of aryl methyl sites for hydroxylation is 4. The van der Waals surface area contributed by atoms with Crippen molar-refractivity contribution in [2.24, 2.45) is 10.3 Å². The number of benzene rings is 2. The van der Waals surface area contributed by atoms with E-state index in [0.29, 0.717) is 59.0 Å².